The molecule has 0 aliphatic carbocycles. The third-order valence-corrected chi connectivity index (χ3v) is 5.34. The molecule has 0 saturated heterocycles. The number of anilines is 1. The van der Waals surface area contributed by atoms with Gasteiger partial charge in [-0.2, -0.15) is 0 Å². The summed E-state index contributed by atoms with van der Waals surface area (Å²) in [7, 11) is -3.73. The molecule has 1 amide bonds. The molecule has 0 unspecified atom stereocenters. The first kappa shape index (κ1) is 20.2. The van der Waals surface area contributed by atoms with Gasteiger partial charge in [-0.3, -0.25) is 9.10 Å². The zero-order valence-electron chi connectivity index (χ0n) is 14.7. The first-order chi connectivity index (χ1) is 12.1. The van der Waals surface area contributed by atoms with Crippen LogP contribution in [0.5, 0.6) is 0 Å². The Hall–Kier alpha value is -2.12. The van der Waals surface area contributed by atoms with Crippen molar-refractivity contribution in [2.45, 2.75) is 26.4 Å². The molecule has 140 valence electrons. The molecule has 2 aromatic carbocycles. The summed E-state index contributed by atoms with van der Waals surface area (Å²) in [5.74, 6) is -0.841. The summed E-state index contributed by atoms with van der Waals surface area (Å²) in [6.07, 6.45) is 1.04. The fraction of sp³-hybridized carbons (Fsp3) is 0.278. The molecule has 2 aromatic rings. The van der Waals surface area contributed by atoms with Gasteiger partial charge in [-0.15, -0.1) is 0 Å². The molecule has 5 nitrogen and oxygen atoms in total. The summed E-state index contributed by atoms with van der Waals surface area (Å²) in [6, 6.07) is 9.57. The number of benzene rings is 2. The minimum Gasteiger partial charge on any atom is -0.350 e. The Balaban J connectivity index is 2.23. The van der Waals surface area contributed by atoms with Crippen LogP contribution in [0.15, 0.2) is 42.5 Å². The van der Waals surface area contributed by atoms with Crippen LogP contribution in [0.3, 0.4) is 0 Å². The van der Waals surface area contributed by atoms with Gasteiger partial charge in [0.2, 0.25) is 15.9 Å². The number of halogens is 2. The van der Waals surface area contributed by atoms with Crippen LogP contribution >= 0.6 is 11.6 Å². The Kier molecular flexibility index (Phi) is 6.26. The van der Waals surface area contributed by atoms with Crippen LogP contribution in [0.1, 0.15) is 18.1 Å². The van der Waals surface area contributed by atoms with E-state index in [-0.39, 0.29) is 12.4 Å². The van der Waals surface area contributed by atoms with E-state index < -0.39 is 22.0 Å². The van der Waals surface area contributed by atoms with Crippen LogP contribution in [0, 0.1) is 12.7 Å². The molecule has 0 spiro atoms. The van der Waals surface area contributed by atoms with E-state index in [4.69, 9.17) is 11.6 Å². The Morgan fingerprint density at radius 2 is 1.85 bits per heavy atom. The lowest BCUT2D eigenvalue weighted by atomic mass is 10.1. The maximum Gasteiger partial charge on any atom is 0.243 e. The van der Waals surface area contributed by atoms with Crippen molar-refractivity contribution in [3.8, 4) is 0 Å². The van der Waals surface area contributed by atoms with Crippen molar-refractivity contribution < 1.29 is 17.6 Å². The topological polar surface area (TPSA) is 66.5 Å². The number of carbonyl (C=O) groups is 1. The van der Waals surface area contributed by atoms with Crippen molar-refractivity contribution in [2.24, 2.45) is 0 Å². The zero-order chi connectivity index (χ0) is 19.5. The third kappa shape index (κ3) is 4.95. The fourth-order valence-corrected chi connectivity index (χ4v) is 3.93. The standard InChI is InChI=1S/C18H20ClFN2O3S/c1-12-4-7-15(19)10-17(12)22(26(3,24)25)13(2)18(23)21-11-14-5-8-16(20)9-6-14/h4-10,13H,11H2,1-3H3,(H,21,23)/t13-/m1/s1. The smallest absolute Gasteiger partial charge is 0.243 e. The fourth-order valence-electron chi connectivity index (χ4n) is 2.54. The average molecular weight is 399 g/mol. The molecule has 0 radical (unpaired) electrons. The second kappa shape index (κ2) is 8.05. The summed E-state index contributed by atoms with van der Waals surface area (Å²) in [4.78, 5) is 12.5. The van der Waals surface area contributed by atoms with E-state index >= 15 is 0 Å². The number of nitrogens with one attached hydrogen (secondary N) is 1. The highest BCUT2D eigenvalue weighted by atomic mass is 35.5. The molecule has 0 aromatic heterocycles. The van der Waals surface area contributed by atoms with Gasteiger partial charge in [0.1, 0.15) is 11.9 Å². The molecule has 0 aliphatic heterocycles. The van der Waals surface area contributed by atoms with Crippen molar-refractivity contribution in [3.63, 3.8) is 0 Å². The van der Waals surface area contributed by atoms with Crippen molar-refractivity contribution in [3.05, 3.63) is 64.4 Å². The van der Waals surface area contributed by atoms with Gasteiger partial charge in [0, 0.05) is 11.6 Å². The molecule has 1 atom stereocenters. The van der Waals surface area contributed by atoms with Crippen molar-refractivity contribution in [1.82, 2.24) is 5.32 Å². The molecule has 0 bridgehead atoms. The van der Waals surface area contributed by atoms with Crippen LogP contribution in [0.4, 0.5) is 10.1 Å². The van der Waals surface area contributed by atoms with E-state index in [1.807, 2.05) is 0 Å². The van der Waals surface area contributed by atoms with Gasteiger partial charge in [-0.05, 0) is 49.2 Å². The summed E-state index contributed by atoms with van der Waals surface area (Å²) in [5.41, 5.74) is 1.74. The highest BCUT2D eigenvalue weighted by Crippen LogP contribution is 2.28. The van der Waals surface area contributed by atoms with E-state index in [1.54, 1.807) is 31.2 Å². The molecule has 0 aliphatic rings. The molecule has 8 heteroatoms. The number of hydrogen-bond donors (Lipinski definition) is 1. The van der Waals surface area contributed by atoms with Crippen LogP contribution in [0.25, 0.3) is 0 Å². The predicted octanol–water partition coefficient (Wildman–Crippen LogP) is 3.26. The van der Waals surface area contributed by atoms with Crippen LogP contribution in [-0.4, -0.2) is 26.6 Å². The number of hydrogen-bond acceptors (Lipinski definition) is 3. The summed E-state index contributed by atoms with van der Waals surface area (Å²) >= 11 is 6.00. The van der Waals surface area contributed by atoms with E-state index in [1.165, 1.54) is 25.1 Å². The van der Waals surface area contributed by atoms with Crippen molar-refractivity contribution in [1.29, 1.82) is 0 Å². The average Bonchev–Trinajstić information content (AvgIpc) is 2.56. The Bertz CT molecular complexity index is 901. The minimum atomic E-state index is -3.73. The molecule has 0 heterocycles. The number of rotatable bonds is 6. The van der Waals surface area contributed by atoms with Crippen LogP contribution < -0.4 is 9.62 Å². The summed E-state index contributed by atoms with van der Waals surface area (Å²) in [5, 5.41) is 3.05. The second-order valence-corrected chi connectivity index (χ2v) is 8.31. The van der Waals surface area contributed by atoms with Crippen molar-refractivity contribution >= 4 is 33.2 Å². The normalized spacial score (nSPS) is 12.5. The van der Waals surface area contributed by atoms with Crippen molar-refractivity contribution in [2.75, 3.05) is 10.6 Å². The number of nitrogens with zero attached hydrogens (tertiary/aromatic N) is 1. The van der Waals surface area contributed by atoms with Gasteiger partial charge in [-0.25, -0.2) is 12.8 Å². The third-order valence-electron chi connectivity index (χ3n) is 3.88. The maximum atomic E-state index is 12.9. The molecule has 0 fully saturated rings. The quantitative estimate of drug-likeness (QED) is 0.812. The van der Waals surface area contributed by atoms with Gasteiger partial charge >= 0.3 is 0 Å². The second-order valence-electron chi connectivity index (χ2n) is 6.01. The SMILES string of the molecule is Cc1ccc(Cl)cc1N([C@H](C)C(=O)NCc1ccc(F)cc1)S(C)(=O)=O. The largest absolute Gasteiger partial charge is 0.350 e. The maximum absolute atomic E-state index is 12.9. The van der Waals surface area contributed by atoms with E-state index in [9.17, 15) is 17.6 Å². The van der Waals surface area contributed by atoms with Crippen LogP contribution in [-0.2, 0) is 21.4 Å². The lowest BCUT2D eigenvalue weighted by molar-refractivity contribution is -0.122. The molecule has 1 N–H and O–H groups in total. The molecule has 0 saturated carbocycles. The molecular formula is C18H20ClFN2O3S. The molecule has 26 heavy (non-hydrogen) atoms. The van der Waals surface area contributed by atoms with E-state index in [0.29, 0.717) is 21.8 Å². The van der Waals surface area contributed by atoms with Crippen LogP contribution in [0.2, 0.25) is 5.02 Å². The highest BCUT2D eigenvalue weighted by molar-refractivity contribution is 7.92. The summed E-state index contributed by atoms with van der Waals surface area (Å²) in [6.45, 7) is 3.41. The monoisotopic (exact) mass is 398 g/mol. The van der Waals surface area contributed by atoms with Gasteiger partial charge in [0.15, 0.2) is 0 Å². The first-order valence-electron chi connectivity index (χ1n) is 7.87. The number of amides is 1. The Morgan fingerprint density at radius 1 is 1.23 bits per heavy atom. The number of carbonyl (C=O) groups excluding carboxylic acids is 1. The first-order valence-corrected chi connectivity index (χ1v) is 10.1. The predicted molar refractivity (Wildman–Crippen MR) is 101 cm³/mol. The molecular weight excluding hydrogens is 379 g/mol. The minimum absolute atomic E-state index is 0.162. The van der Waals surface area contributed by atoms with Gasteiger partial charge < -0.3 is 5.32 Å². The van der Waals surface area contributed by atoms with Gasteiger partial charge in [0.05, 0.1) is 11.9 Å². The summed E-state index contributed by atoms with van der Waals surface area (Å²) < 4.78 is 38.6. The van der Waals surface area contributed by atoms with Gasteiger partial charge in [0.25, 0.3) is 0 Å². The number of aryl methyl sites for hydroxylation is 1. The lowest BCUT2D eigenvalue weighted by Gasteiger charge is -2.29. The Morgan fingerprint density at radius 3 is 2.42 bits per heavy atom. The van der Waals surface area contributed by atoms with E-state index in [0.717, 1.165) is 10.6 Å². The lowest BCUT2D eigenvalue weighted by Crippen LogP contribution is -2.48. The van der Waals surface area contributed by atoms with E-state index in [2.05, 4.69) is 5.32 Å². The molecule has 2 rings (SSSR count). The highest BCUT2D eigenvalue weighted by Gasteiger charge is 2.30. The Labute approximate surface area is 157 Å². The number of sulfonamides is 1. The zero-order valence-corrected chi connectivity index (χ0v) is 16.2. The van der Waals surface area contributed by atoms with Gasteiger partial charge in [-0.1, -0.05) is 29.8 Å².